The number of nitrogens with one attached hydrogen (secondary N) is 1. The summed E-state index contributed by atoms with van der Waals surface area (Å²) in [6.07, 6.45) is 5.88. The van der Waals surface area contributed by atoms with Gasteiger partial charge in [-0.25, -0.2) is 9.97 Å². The lowest BCUT2D eigenvalue weighted by Gasteiger charge is -2.18. The van der Waals surface area contributed by atoms with Crippen LogP contribution in [0, 0.1) is 5.92 Å². The molecule has 158 valence electrons. The molecule has 7 nitrogen and oxygen atoms in total. The van der Waals surface area contributed by atoms with E-state index in [0.717, 1.165) is 59.0 Å². The summed E-state index contributed by atoms with van der Waals surface area (Å²) in [5, 5.41) is 19.6. The number of phenolic OH excluding ortho intramolecular Hbond substituents is 1. The van der Waals surface area contributed by atoms with Crippen LogP contribution in [0.25, 0.3) is 33.2 Å². The number of pyridine rings is 2. The van der Waals surface area contributed by atoms with E-state index in [1.54, 1.807) is 10.7 Å². The summed E-state index contributed by atoms with van der Waals surface area (Å²) in [7, 11) is 1.88. The van der Waals surface area contributed by atoms with Crippen LogP contribution in [0.3, 0.4) is 0 Å². The van der Waals surface area contributed by atoms with Gasteiger partial charge in [0.15, 0.2) is 0 Å². The zero-order valence-electron chi connectivity index (χ0n) is 17.6. The van der Waals surface area contributed by atoms with Crippen molar-refractivity contribution in [3.05, 3.63) is 42.6 Å². The fourth-order valence-corrected chi connectivity index (χ4v) is 4.50. The van der Waals surface area contributed by atoms with Gasteiger partial charge in [-0.15, -0.1) is 0 Å². The number of aromatic hydroxyl groups is 1. The number of hydrogen-bond acceptors (Lipinski definition) is 6. The summed E-state index contributed by atoms with van der Waals surface area (Å²) in [6, 6.07) is 12.2. The van der Waals surface area contributed by atoms with Gasteiger partial charge in [0.05, 0.1) is 22.2 Å². The maximum atomic E-state index is 10.5. The van der Waals surface area contributed by atoms with E-state index < -0.39 is 0 Å². The zero-order chi connectivity index (χ0) is 20.9. The Morgan fingerprint density at radius 3 is 2.74 bits per heavy atom. The lowest BCUT2D eigenvalue weighted by molar-refractivity contribution is 0.478. The molecular formula is C24H26N6O. The normalized spacial score (nSPS) is 19.0. The van der Waals surface area contributed by atoms with E-state index in [9.17, 15) is 5.11 Å². The van der Waals surface area contributed by atoms with Crippen LogP contribution in [0.5, 0.6) is 5.75 Å². The Bertz CT molecular complexity index is 1280. The summed E-state index contributed by atoms with van der Waals surface area (Å²) in [5.41, 5.74) is 3.91. The number of hydrogen-bond donors (Lipinski definition) is 2. The lowest BCUT2D eigenvalue weighted by Crippen LogP contribution is -2.34. The number of aryl methyl sites for hydroxylation is 1. The number of benzene rings is 1. The van der Waals surface area contributed by atoms with Crippen LogP contribution in [0.2, 0.25) is 0 Å². The number of fused-ring (bicyclic) bond motifs is 2. The summed E-state index contributed by atoms with van der Waals surface area (Å²) < 4.78 is 1.75. The molecule has 1 aliphatic carbocycles. The van der Waals surface area contributed by atoms with Crippen LogP contribution in [0.15, 0.2) is 42.6 Å². The Kier molecular flexibility index (Phi) is 4.31. The first-order valence-corrected chi connectivity index (χ1v) is 11.1. The smallest absolute Gasteiger partial charge is 0.129 e. The van der Waals surface area contributed by atoms with E-state index in [1.165, 1.54) is 19.3 Å². The molecule has 1 saturated heterocycles. The van der Waals surface area contributed by atoms with Gasteiger partial charge in [-0.3, -0.25) is 4.68 Å². The van der Waals surface area contributed by atoms with Gasteiger partial charge in [-0.1, -0.05) is 0 Å². The first-order valence-electron chi connectivity index (χ1n) is 11.1. The van der Waals surface area contributed by atoms with E-state index in [4.69, 9.17) is 9.97 Å². The summed E-state index contributed by atoms with van der Waals surface area (Å²) in [4.78, 5) is 12.0. The second-order valence-electron chi connectivity index (χ2n) is 8.92. The molecule has 1 aromatic carbocycles. The van der Waals surface area contributed by atoms with Crippen molar-refractivity contribution in [3.8, 4) is 17.0 Å². The molecule has 6 rings (SSSR count). The number of rotatable bonds is 5. The van der Waals surface area contributed by atoms with Crippen molar-refractivity contribution in [3.63, 3.8) is 0 Å². The molecule has 2 aliphatic rings. The third-order valence-electron chi connectivity index (χ3n) is 6.44. The van der Waals surface area contributed by atoms with Crippen LogP contribution >= 0.6 is 0 Å². The van der Waals surface area contributed by atoms with E-state index >= 15 is 0 Å². The fourth-order valence-electron chi connectivity index (χ4n) is 4.50. The van der Waals surface area contributed by atoms with Gasteiger partial charge in [0.25, 0.3) is 0 Å². The van der Waals surface area contributed by atoms with Crippen molar-refractivity contribution in [2.75, 3.05) is 24.5 Å². The predicted molar refractivity (Wildman–Crippen MR) is 122 cm³/mol. The van der Waals surface area contributed by atoms with Gasteiger partial charge < -0.3 is 15.3 Å². The maximum absolute atomic E-state index is 10.5. The Labute approximate surface area is 180 Å². The Morgan fingerprint density at radius 2 is 1.87 bits per heavy atom. The van der Waals surface area contributed by atoms with Crippen molar-refractivity contribution in [2.45, 2.75) is 25.3 Å². The summed E-state index contributed by atoms with van der Waals surface area (Å²) in [6.45, 7) is 3.20. The number of phenols is 1. The van der Waals surface area contributed by atoms with Crippen LogP contribution in [0.1, 0.15) is 19.3 Å². The second-order valence-corrected chi connectivity index (χ2v) is 8.92. The van der Waals surface area contributed by atoms with Crippen molar-refractivity contribution in [2.24, 2.45) is 13.0 Å². The molecule has 7 heteroatoms. The molecule has 0 unspecified atom stereocenters. The van der Waals surface area contributed by atoms with E-state index in [0.29, 0.717) is 11.6 Å². The van der Waals surface area contributed by atoms with Gasteiger partial charge in [0.1, 0.15) is 11.6 Å². The number of nitrogens with zero attached hydrogens (tertiary/aromatic N) is 5. The van der Waals surface area contributed by atoms with Gasteiger partial charge >= 0.3 is 0 Å². The van der Waals surface area contributed by atoms with Gasteiger partial charge in [-0.2, -0.15) is 5.10 Å². The van der Waals surface area contributed by atoms with Crippen molar-refractivity contribution < 1.29 is 5.11 Å². The van der Waals surface area contributed by atoms with E-state index in [-0.39, 0.29) is 5.75 Å². The zero-order valence-corrected chi connectivity index (χ0v) is 17.6. The molecule has 0 radical (unpaired) electrons. The van der Waals surface area contributed by atoms with Crippen molar-refractivity contribution in [1.29, 1.82) is 0 Å². The Hall–Kier alpha value is -3.19. The highest BCUT2D eigenvalue weighted by Gasteiger charge is 2.27. The quantitative estimate of drug-likeness (QED) is 0.521. The van der Waals surface area contributed by atoms with Crippen LogP contribution in [0.4, 0.5) is 5.82 Å². The number of anilines is 1. The molecule has 1 aliphatic heterocycles. The van der Waals surface area contributed by atoms with Crippen LogP contribution in [-0.4, -0.2) is 50.5 Å². The van der Waals surface area contributed by atoms with Crippen molar-refractivity contribution >= 4 is 27.8 Å². The fraction of sp³-hybridized carbons (Fsp3) is 0.375. The Balaban J connectivity index is 1.25. The molecule has 1 saturated carbocycles. The highest BCUT2D eigenvalue weighted by Crippen LogP contribution is 2.33. The minimum absolute atomic E-state index is 0.185. The van der Waals surface area contributed by atoms with Gasteiger partial charge in [0, 0.05) is 49.4 Å². The molecule has 0 spiro atoms. The largest absolute Gasteiger partial charge is 0.507 e. The predicted octanol–water partition coefficient (Wildman–Crippen LogP) is 3.47. The van der Waals surface area contributed by atoms with Gasteiger partial charge in [0.2, 0.25) is 0 Å². The van der Waals surface area contributed by atoms with Gasteiger partial charge in [-0.05, 0) is 62.1 Å². The summed E-state index contributed by atoms with van der Waals surface area (Å²) >= 11 is 0. The van der Waals surface area contributed by atoms with Crippen LogP contribution in [-0.2, 0) is 7.05 Å². The molecule has 2 fully saturated rings. The highest BCUT2D eigenvalue weighted by atomic mass is 16.3. The Morgan fingerprint density at radius 1 is 1.03 bits per heavy atom. The first kappa shape index (κ1) is 18.6. The minimum atomic E-state index is 0.185. The first-order chi connectivity index (χ1) is 15.1. The summed E-state index contributed by atoms with van der Waals surface area (Å²) in [5.74, 6) is 2.10. The molecule has 4 aromatic rings. The monoisotopic (exact) mass is 414 g/mol. The minimum Gasteiger partial charge on any atom is -0.507 e. The molecule has 1 atom stereocenters. The highest BCUT2D eigenvalue weighted by molar-refractivity contribution is 5.88. The molecule has 3 aromatic heterocycles. The topological polar surface area (TPSA) is 79.1 Å². The van der Waals surface area contributed by atoms with E-state index in [1.807, 2.05) is 37.5 Å². The third-order valence-corrected chi connectivity index (χ3v) is 6.44. The SMILES string of the molecule is Cn1cc2cc(-c3ccc4nc(N5CC[C@H](NCC6CC6)C5)ccc4n3)c(O)cc2n1. The second kappa shape index (κ2) is 7.20. The maximum Gasteiger partial charge on any atom is 0.129 e. The van der Waals surface area contributed by atoms with E-state index in [2.05, 4.69) is 21.4 Å². The molecule has 4 heterocycles. The molecule has 2 N–H and O–H groups in total. The standard InChI is InChI=1S/C24H26N6O/c1-29-13-16-10-18(23(31)11-22(16)28-29)19-4-5-21-20(26-19)6-7-24(27-21)30-9-8-17(14-30)25-12-15-2-3-15/h4-7,10-11,13,15,17,25,31H,2-3,8-9,12,14H2,1H3/t17-/m0/s1. The molecule has 31 heavy (non-hydrogen) atoms. The lowest BCUT2D eigenvalue weighted by atomic mass is 10.1. The van der Waals surface area contributed by atoms with Crippen LogP contribution < -0.4 is 10.2 Å². The van der Waals surface area contributed by atoms with Crippen molar-refractivity contribution in [1.82, 2.24) is 25.1 Å². The average molecular weight is 415 g/mol. The molecular weight excluding hydrogens is 388 g/mol. The number of aromatic nitrogens is 4. The average Bonchev–Trinajstić information content (AvgIpc) is 3.35. The third kappa shape index (κ3) is 3.59. The molecule has 0 amide bonds. The molecule has 0 bridgehead atoms.